The minimum Gasteiger partial charge on any atom is -0.349 e. The number of rotatable bonds is 10. The van der Waals surface area contributed by atoms with Gasteiger partial charge in [-0.15, -0.1) is 10.2 Å². The van der Waals surface area contributed by atoms with Crippen molar-refractivity contribution in [3.05, 3.63) is 82.6 Å². The van der Waals surface area contributed by atoms with Gasteiger partial charge in [0, 0.05) is 17.6 Å². The molecule has 0 fully saturated rings. The van der Waals surface area contributed by atoms with E-state index in [4.69, 9.17) is 11.6 Å². The smallest absolute Gasteiger partial charge is 0.244 e. The predicted molar refractivity (Wildman–Crippen MR) is 132 cm³/mol. The fraction of sp³-hybridized carbons (Fsp3) is 0.250. The van der Waals surface area contributed by atoms with Gasteiger partial charge in [-0.2, -0.15) is 0 Å². The molecule has 1 aromatic heterocycles. The zero-order valence-corrected chi connectivity index (χ0v) is 20.1. The molecule has 0 unspecified atom stereocenters. The van der Waals surface area contributed by atoms with Crippen LogP contribution < -0.4 is 10.6 Å². The lowest BCUT2D eigenvalue weighted by Gasteiger charge is -2.14. The highest BCUT2D eigenvalue weighted by molar-refractivity contribution is 7.99. The summed E-state index contributed by atoms with van der Waals surface area (Å²) in [7, 11) is 0. The summed E-state index contributed by atoms with van der Waals surface area (Å²) in [6.07, 6.45) is 3.10. The normalized spacial score (nSPS) is 12.0. The Balaban J connectivity index is 1.51. The first-order valence-electron chi connectivity index (χ1n) is 10.6. The Morgan fingerprint density at radius 1 is 1.12 bits per heavy atom. The van der Waals surface area contributed by atoms with Crippen LogP contribution in [0, 0.1) is 0 Å². The molecule has 1 heterocycles. The molecule has 3 rings (SSSR count). The number of amides is 2. The molecule has 9 heteroatoms. The summed E-state index contributed by atoms with van der Waals surface area (Å²) < 4.78 is 1.89. The molecule has 1 atom stereocenters. The van der Waals surface area contributed by atoms with Gasteiger partial charge in [0.1, 0.15) is 0 Å². The lowest BCUT2D eigenvalue weighted by molar-refractivity contribution is -0.119. The standard InChI is InChI=1S/C24H26ClN5O2S/c1-3-30-21(15-26-22(31)14-13-19-11-7-8-12-20(19)25)28-29-24(30)33-16-23(32)27-17(2)18-9-5-4-6-10-18/h4-14,17H,3,15-16H2,1-2H3,(H,26,31)(H,27,32)/b14-13+/t17-/m1/s1. The number of carbonyl (C=O) groups excluding carboxylic acids is 2. The second-order valence-electron chi connectivity index (χ2n) is 7.20. The molecule has 7 nitrogen and oxygen atoms in total. The van der Waals surface area contributed by atoms with E-state index in [0.717, 1.165) is 11.1 Å². The summed E-state index contributed by atoms with van der Waals surface area (Å²) in [5.74, 6) is 0.505. The molecule has 0 saturated heterocycles. The van der Waals surface area contributed by atoms with Crippen LogP contribution in [0.2, 0.25) is 5.02 Å². The van der Waals surface area contributed by atoms with Gasteiger partial charge >= 0.3 is 0 Å². The van der Waals surface area contributed by atoms with Gasteiger partial charge in [-0.05, 0) is 37.1 Å². The van der Waals surface area contributed by atoms with E-state index < -0.39 is 0 Å². The van der Waals surface area contributed by atoms with Gasteiger partial charge in [0.2, 0.25) is 11.8 Å². The summed E-state index contributed by atoms with van der Waals surface area (Å²) >= 11 is 7.42. The van der Waals surface area contributed by atoms with E-state index in [1.54, 1.807) is 12.1 Å². The van der Waals surface area contributed by atoms with Crippen LogP contribution in [0.25, 0.3) is 6.08 Å². The summed E-state index contributed by atoms with van der Waals surface area (Å²) in [6, 6.07) is 17.0. The van der Waals surface area contributed by atoms with Crippen molar-refractivity contribution in [2.24, 2.45) is 0 Å². The lowest BCUT2D eigenvalue weighted by atomic mass is 10.1. The number of benzene rings is 2. The number of aromatic nitrogens is 3. The van der Waals surface area contributed by atoms with Crippen molar-refractivity contribution >= 4 is 41.3 Å². The number of nitrogens with zero attached hydrogens (tertiary/aromatic N) is 3. The van der Waals surface area contributed by atoms with E-state index >= 15 is 0 Å². The molecular formula is C24H26ClN5O2S. The van der Waals surface area contributed by atoms with E-state index in [9.17, 15) is 9.59 Å². The van der Waals surface area contributed by atoms with Crippen LogP contribution in [0.3, 0.4) is 0 Å². The molecule has 33 heavy (non-hydrogen) atoms. The van der Waals surface area contributed by atoms with E-state index in [1.165, 1.54) is 17.8 Å². The first-order valence-corrected chi connectivity index (χ1v) is 11.9. The van der Waals surface area contributed by atoms with Crippen molar-refractivity contribution in [2.45, 2.75) is 38.1 Å². The van der Waals surface area contributed by atoms with Crippen LogP contribution in [0.15, 0.2) is 65.8 Å². The Bertz CT molecular complexity index is 1120. The number of carbonyl (C=O) groups is 2. The summed E-state index contributed by atoms with van der Waals surface area (Å²) in [6.45, 7) is 4.77. The fourth-order valence-electron chi connectivity index (χ4n) is 3.11. The van der Waals surface area contributed by atoms with Gasteiger partial charge in [-0.25, -0.2) is 0 Å². The number of halogens is 1. The SMILES string of the molecule is CCn1c(CNC(=O)/C=C/c2ccccc2Cl)nnc1SCC(=O)N[C@H](C)c1ccccc1. The molecule has 2 N–H and O–H groups in total. The van der Waals surface area contributed by atoms with Crippen LogP contribution in [-0.4, -0.2) is 32.3 Å². The molecule has 2 amide bonds. The van der Waals surface area contributed by atoms with Gasteiger partial charge in [-0.3, -0.25) is 9.59 Å². The maximum Gasteiger partial charge on any atom is 0.244 e. The van der Waals surface area contributed by atoms with Gasteiger partial charge in [0.25, 0.3) is 0 Å². The summed E-state index contributed by atoms with van der Waals surface area (Å²) in [5, 5.41) is 15.4. The maximum absolute atomic E-state index is 12.4. The number of nitrogens with one attached hydrogen (secondary N) is 2. The minimum atomic E-state index is -0.260. The topological polar surface area (TPSA) is 88.9 Å². The van der Waals surface area contributed by atoms with E-state index in [0.29, 0.717) is 22.5 Å². The second-order valence-corrected chi connectivity index (χ2v) is 8.55. The molecule has 0 aliphatic rings. The third kappa shape index (κ3) is 7.20. The average molecular weight is 484 g/mol. The average Bonchev–Trinajstić information content (AvgIpc) is 3.23. The van der Waals surface area contributed by atoms with Crippen molar-refractivity contribution in [1.82, 2.24) is 25.4 Å². The van der Waals surface area contributed by atoms with Gasteiger partial charge < -0.3 is 15.2 Å². The Labute approximate surface area is 202 Å². The number of thioether (sulfide) groups is 1. The number of hydrogen-bond acceptors (Lipinski definition) is 5. The maximum atomic E-state index is 12.4. The number of hydrogen-bond donors (Lipinski definition) is 2. The van der Waals surface area contributed by atoms with Crippen LogP contribution in [0.4, 0.5) is 0 Å². The third-order valence-corrected chi connectivity index (χ3v) is 6.17. The van der Waals surface area contributed by atoms with Crippen LogP contribution in [-0.2, 0) is 22.7 Å². The largest absolute Gasteiger partial charge is 0.349 e. The molecule has 3 aromatic rings. The molecule has 0 radical (unpaired) electrons. The van der Waals surface area contributed by atoms with Crippen molar-refractivity contribution in [1.29, 1.82) is 0 Å². The second kappa shape index (κ2) is 12.2. The van der Waals surface area contributed by atoms with Gasteiger partial charge in [0.15, 0.2) is 11.0 Å². The molecule has 0 saturated carbocycles. The van der Waals surface area contributed by atoms with Crippen LogP contribution in [0.1, 0.15) is 36.8 Å². The molecule has 172 valence electrons. The molecule has 0 spiro atoms. The molecule has 0 bridgehead atoms. The van der Waals surface area contributed by atoms with Crippen LogP contribution in [0.5, 0.6) is 0 Å². The van der Waals surface area contributed by atoms with Crippen molar-refractivity contribution in [2.75, 3.05) is 5.75 Å². The fourth-order valence-corrected chi connectivity index (χ4v) is 4.14. The predicted octanol–water partition coefficient (Wildman–Crippen LogP) is 4.25. The monoisotopic (exact) mass is 483 g/mol. The zero-order chi connectivity index (χ0) is 23.6. The Kier molecular flexibility index (Phi) is 9.09. The van der Waals surface area contributed by atoms with Crippen molar-refractivity contribution in [3.63, 3.8) is 0 Å². The highest BCUT2D eigenvalue weighted by Gasteiger charge is 2.15. The highest BCUT2D eigenvalue weighted by Crippen LogP contribution is 2.18. The minimum absolute atomic E-state index is 0.0760. The molecule has 2 aromatic carbocycles. The van der Waals surface area contributed by atoms with E-state index in [1.807, 2.05) is 66.9 Å². The zero-order valence-electron chi connectivity index (χ0n) is 18.5. The van der Waals surface area contributed by atoms with Gasteiger partial charge in [-0.1, -0.05) is 71.9 Å². The van der Waals surface area contributed by atoms with Crippen molar-refractivity contribution < 1.29 is 9.59 Å². The van der Waals surface area contributed by atoms with Crippen molar-refractivity contribution in [3.8, 4) is 0 Å². The molecule has 0 aliphatic carbocycles. The quantitative estimate of drug-likeness (QED) is 0.332. The van der Waals surface area contributed by atoms with E-state index in [2.05, 4.69) is 20.8 Å². The lowest BCUT2D eigenvalue weighted by Crippen LogP contribution is -2.28. The molecule has 0 aliphatic heterocycles. The summed E-state index contributed by atoms with van der Waals surface area (Å²) in [4.78, 5) is 24.6. The highest BCUT2D eigenvalue weighted by atomic mass is 35.5. The Morgan fingerprint density at radius 3 is 2.58 bits per heavy atom. The third-order valence-electron chi connectivity index (χ3n) is 4.86. The van der Waals surface area contributed by atoms with Gasteiger partial charge in [0.05, 0.1) is 18.3 Å². The first-order chi connectivity index (χ1) is 16.0. The van der Waals surface area contributed by atoms with E-state index in [-0.39, 0.29) is 30.2 Å². The molecular weight excluding hydrogens is 458 g/mol. The summed E-state index contributed by atoms with van der Waals surface area (Å²) in [5.41, 5.74) is 1.82. The Morgan fingerprint density at radius 2 is 1.85 bits per heavy atom. The first kappa shape index (κ1) is 24.5. The Hall–Kier alpha value is -3.10. The van der Waals surface area contributed by atoms with Crippen LogP contribution >= 0.6 is 23.4 Å².